The van der Waals surface area contributed by atoms with Crippen molar-refractivity contribution in [3.8, 4) is 17.2 Å². The molecule has 0 amide bonds. The minimum Gasteiger partial charge on any atom is -0.493 e. The second kappa shape index (κ2) is 14.4. The Hall–Kier alpha value is -3.32. The van der Waals surface area contributed by atoms with Crippen LogP contribution in [-0.4, -0.2) is 33.0 Å². The van der Waals surface area contributed by atoms with Gasteiger partial charge in [0.15, 0.2) is 5.82 Å². The molecule has 0 fully saturated rings. The maximum atomic E-state index is 6.19. The Bertz CT molecular complexity index is 1220. The standard InChI is InChI=1S/C30H36N4O2S/c1-3-10-24-22-27(36-26-12-6-5-7-13-26)15-16-28(24)35-18-8-9-19-37-29-17-14-23(20-25(29)11-4-2)21-30-31-33-34-32-30/h5-7,12-17,20,22H,3-4,8-11,18-19,21H2,1-2H3,(H,31,32,33,34). The van der Waals surface area contributed by atoms with Gasteiger partial charge in [0.05, 0.1) is 6.61 Å². The van der Waals surface area contributed by atoms with Crippen LogP contribution in [0.2, 0.25) is 0 Å². The molecule has 1 N–H and O–H groups in total. The Morgan fingerprint density at radius 3 is 2.46 bits per heavy atom. The quantitative estimate of drug-likeness (QED) is 0.131. The van der Waals surface area contributed by atoms with E-state index in [4.69, 9.17) is 9.47 Å². The van der Waals surface area contributed by atoms with Gasteiger partial charge in [0.25, 0.3) is 0 Å². The first-order chi connectivity index (χ1) is 18.2. The summed E-state index contributed by atoms with van der Waals surface area (Å²) in [6.45, 7) is 5.14. The SMILES string of the molecule is CCCc1cc(Oc2ccccc2)ccc1OCCCCSc1ccc(Cc2nn[nH]n2)cc1CCC. The van der Waals surface area contributed by atoms with Gasteiger partial charge in [-0.05, 0) is 84.5 Å². The van der Waals surface area contributed by atoms with Crippen molar-refractivity contribution in [3.63, 3.8) is 0 Å². The molecule has 0 aliphatic carbocycles. The molecular weight excluding hydrogens is 480 g/mol. The number of H-pyrrole nitrogens is 1. The molecule has 6 nitrogen and oxygen atoms in total. The topological polar surface area (TPSA) is 72.9 Å². The van der Waals surface area contributed by atoms with Crippen LogP contribution >= 0.6 is 11.8 Å². The van der Waals surface area contributed by atoms with Gasteiger partial charge in [-0.3, -0.25) is 0 Å². The van der Waals surface area contributed by atoms with Crippen molar-refractivity contribution in [3.05, 3.63) is 89.2 Å². The first-order valence-electron chi connectivity index (χ1n) is 13.2. The third-order valence-electron chi connectivity index (χ3n) is 5.98. The smallest absolute Gasteiger partial charge is 0.178 e. The van der Waals surface area contributed by atoms with Crippen molar-refractivity contribution < 1.29 is 9.47 Å². The summed E-state index contributed by atoms with van der Waals surface area (Å²) in [5, 5.41) is 14.3. The van der Waals surface area contributed by atoms with Gasteiger partial charge in [0.1, 0.15) is 17.2 Å². The number of rotatable bonds is 15. The third-order valence-corrected chi connectivity index (χ3v) is 7.18. The third kappa shape index (κ3) is 8.35. The zero-order chi connectivity index (χ0) is 25.7. The molecule has 0 radical (unpaired) electrons. The maximum absolute atomic E-state index is 6.19. The predicted octanol–water partition coefficient (Wildman–Crippen LogP) is 7.44. The monoisotopic (exact) mass is 516 g/mol. The number of ether oxygens (including phenoxy) is 2. The first kappa shape index (κ1) is 26.7. The molecule has 1 aromatic heterocycles. The number of benzene rings is 3. The normalized spacial score (nSPS) is 11.0. The van der Waals surface area contributed by atoms with Crippen molar-refractivity contribution in [2.75, 3.05) is 12.4 Å². The summed E-state index contributed by atoms with van der Waals surface area (Å²) in [4.78, 5) is 1.37. The number of unbranched alkanes of at least 4 members (excludes halogenated alkanes) is 1. The Morgan fingerprint density at radius 1 is 0.838 bits per heavy atom. The van der Waals surface area contributed by atoms with Crippen LogP contribution in [0.15, 0.2) is 71.6 Å². The molecule has 7 heteroatoms. The molecule has 0 aliphatic heterocycles. The van der Waals surface area contributed by atoms with Crippen molar-refractivity contribution in [2.24, 2.45) is 0 Å². The number of hydrogen-bond acceptors (Lipinski definition) is 6. The number of nitrogens with zero attached hydrogens (tertiary/aromatic N) is 3. The lowest BCUT2D eigenvalue weighted by atomic mass is 10.0. The van der Waals surface area contributed by atoms with E-state index in [1.165, 1.54) is 21.6 Å². The van der Waals surface area contributed by atoms with Crippen LogP contribution in [0.5, 0.6) is 17.2 Å². The molecule has 0 spiro atoms. The molecule has 4 rings (SSSR count). The lowest BCUT2D eigenvalue weighted by Gasteiger charge is -2.14. The highest BCUT2D eigenvalue weighted by Crippen LogP contribution is 2.30. The lowest BCUT2D eigenvalue weighted by Crippen LogP contribution is -2.01. The van der Waals surface area contributed by atoms with E-state index in [9.17, 15) is 0 Å². The van der Waals surface area contributed by atoms with Crippen molar-refractivity contribution >= 4 is 11.8 Å². The highest BCUT2D eigenvalue weighted by Gasteiger charge is 2.09. The molecule has 194 valence electrons. The van der Waals surface area contributed by atoms with Crippen LogP contribution in [0.25, 0.3) is 0 Å². The van der Waals surface area contributed by atoms with Crippen LogP contribution in [0.4, 0.5) is 0 Å². The fraction of sp³-hybridized carbons (Fsp3) is 0.367. The molecule has 4 aromatic rings. The molecule has 0 saturated carbocycles. The van der Waals surface area contributed by atoms with Crippen molar-refractivity contribution in [1.29, 1.82) is 0 Å². The first-order valence-corrected chi connectivity index (χ1v) is 14.2. The van der Waals surface area contributed by atoms with E-state index in [2.05, 4.69) is 58.7 Å². The minimum atomic E-state index is 0.703. The van der Waals surface area contributed by atoms with Gasteiger partial charge < -0.3 is 9.47 Å². The Labute approximate surface area is 224 Å². The van der Waals surface area contributed by atoms with Gasteiger partial charge in [-0.15, -0.1) is 22.0 Å². The number of thioether (sulfide) groups is 1. The zero-order valence-electron chi connectivity index (χ0n) is 21.8. The predicted molar refractivity (Wildman–Crippen MR) is 150 cm³/mol. The van der Waals surface area contributed by atoms with E-state index < -0.39 is 0 Å². The largest absolute Gasteiger partial charge is 0.493 e. The Balaban J connectivity index is 1.24. The van der Waals surface area contributed by atoms with Crippen molar-refractivity contribution in [1.82, 2.24) is 20.6 Å². The van der Waals surface area contributed by atoms with Crippen LogP contribution < -0.4 is 9.47 Å². The zero-order valence-corrected chi connectivity index (χ0v) is 22.6. The van der Waals surface area contributed by atoms with Crippen LogP contribution in [0.1, 0.15) is 62.0 Å². The highest BCUT2D eigenvalue weighted by molar-refractivity contribution is 7.99. The minimum absolute atomic E-state index is 0.703. The second-order valence-corrected chi connectivity index (χ2v) is 10.2. The van der Waals surface area contributed by atoms with E-state index in [0.717, 1.165) is 74.0 Å². The van der Waals surface area contributed by atoms with Crippen LogP contribution in [0.3, 0.4) is 0 Å². The summed E-state index contributed by atoms with van der Waals surface area (Å²) in [6, 6.07) is 22.8. The fourth-order valence-corrected chi connectivity index (χ4v) is 5.29. The summed E-state index contributed by atoms with van der Waals surface area (Å²) >= 11 is 1.94. The molecule has 37 heavy (non-hydrogen) atoms. The number of nitrogens with one attached hydrogen (secondary N) is 1. The summed E-state index contributed by atoms with van der Waals surface area (Å²) in [7, 11) is 0. The summed E-state index contributed by atoms with van der Waals surface area (Å²) < 4.78 is 12.2. The number of aromatic nitrogens is 4. The lowest BCUT2D eigenvalue weighted by molar-refractivity contribution is 0.306. The number of hydrogen-bond donors (Lipinski definition) is 1. The Morgan fingerprint density at radius 2 is 1.68 bits per heavy atom. The van der Waals surface area contributed by atoms with E-state index in [1.54, 1.807) is 0 Å². The van der Waals surface area contributed by atoms with E-state index in [0.29, 0.717) is 6.42 Å². The van der Waals surface area contributed by atoms with E-state index in [-0.39, 0.29) is 0 Å². The van der Waals surface area contributed by atoms with E-state index >= 15 is 0 Å². The van der Waals surface area contributed by atoms with Crippen LogP contribution in [-0.2, 0) is 19.3 Å². The fourth-order valence-electron chi connectivity index (χ4n) is 4.21. The molecule has 3 aromatic carbocycles. The number of para-hydroxylation sites is 1. The van der Waals surface area contributed by atoms with Crippen LogP contribution in [0, 0.1) is 0 Å². The van der Waals surface area contributed by atoms with Gasteiger partial charge >= 0.3 is 0 Å². The van der Waals surface area contributed by atoms with Gasteiger partial charge in [-0.25, -0.2) is 0 Å². The number of aromatic amines is 1. The Kier molecular flexibility index (Phi) is 10.4. The molecular formula is C30H36N4O2S. The summed E-state index contributed by atoms with van der Waals surface area (Å²) in [6.07, 6.45) is 7.09. The molecule has 0 atom stereocenters. The van der Waals surface area contributed by atoms with Gasteiger partial charge in [0.2, 0.25) is 0 Å². The molecule has 0 bridgehead atoms. The molecule has 0 aliphatic rings. The number of aryl methyl sites for hydroxylation is 2. The molecule has 1 heterocycles. The maximum Gasteiger partial charge on any atom is 0.178 e. The van der Waals surface area contributed by atoms with Gasteiger partial charge in [-0.1, -0.05) is 62.2 Å². The molecule has 0 saturated heterocycles. The van der Waals surface area contributed by atoms with Gasteiger partial charge in [0, 0.05) is 11.3 Å². The summed E-state index contributed by atoms with van der Waals surface area (Å²) in [5.74, 6) is 4.47. The summed E-state index contributed by atoms with van der Waals surface area (Å²) in [5.41, 5.74) is 3.84. The van der Waals surface area contributed by atoms with Crippen molar-refractivity contribution in [2.45, 2.75) is 63.7 Å². The van der Waals surface area contributed by atoms with Gasteiger partial charge in [-0.2, -0.15) is 5.21 Å². The highest BCUT2D eigenvalue weighted by atomic mass is 32.2. The molecule has 0 unspecified atom stereocenters. The average molecular weight is 517 g/mol. The second-order valence-electron chi connectivity index (χ2n) is 9.04. The average Bonchev–Trinajstić information content (AvgIpc) is 3.42. The van der Waals surface area contributed by atoms with E-state index in [1.807, 2.05) is 54.2 Å². The number of tetrazole rings is 1.